The van der Waals surface area contributed by atoms with Crippen LogP contribution in [0.1, 0.15) is 28.6 Å². The van der Waals surface area contributed by atoms with Crippen LogP contribution in [-0.4, -0.2) is 17.0 Å². The maximum Gasteiger partial charge on any atom is 0.433 e. The molecular weight excluding hydrogens is 298 g/mol. The van der Waals surface area contributed by atoms with Crippen molar-refractivity contribution >= 4 is 24.1 Å². The number of hydrogen-bond donors (Lipinski definition) is 1. The van der Waals surface area contributed by atoms with Crippen molar-refractivity contribution in [1.82, 2.24) is 5.43 Å². The number of nitrogens with zero attached hydrogens (tertiary/aromatic N) is 2. The molecule has 7 nitrogen and oxygen atoms in total. The standard InChI is InChI=1S/C16H15N3O4/c1-2-12-6-3-4-8-14(12)16(20)18-17-11-5-7-13-9-10-15(23-13)19(21)22/h3-11H,2H2,1H3,(H,18,20)/b7-5+,17-11-. The Morgan fingerprint density at radius 1 is 1.35 bits per heavy atom. The first-order valence-corrected chi connectivity index (χ1v) is 6.94. The van der Waals surface area contributed by atoms with Gasteiger partial charge in [0.15, 0.2) is 0 Å². The third-order valence-corrected chi connectivity index (χ3v) is 3.02. The van der Waals surface area contributed by atoms with Gasteiger partial charge in [-0.3, -0.25) is 14.9 Å². The summed E-state index contributed by atoms with van der Waals surface area (Å²) in [6.07, 6.45) is 5.13. The van der Waals surface area contributed by atoms with Gasteiger partial charge in [-0.1, -0.05) is 25.1 Å². The van der Waals surface area contributed by atoms with Crippen LogP contribution in [0.2, 0.25) is 0 Å². The van der Waals surface area contributed by atoms with Crippen molar-refractivity contribution in [2.45, 2.75) is 13.3 Å². The Labute approximate surface area is 132 Å². The van der Waals surface area contributed by atoms with Crippen LogP contribution in [0.5, 0.6) is 0 Å². The molecule has 0 aliphatic carbocycles. The van der Waals surface area contributed by atoms with Gasteiger partial charge in [0.1, 0.15) is 10.7 Å². The summed E-state index contributed by atoms with van der Waals surface area (Å²) in [6, 6.07) is 10.0. The Bertz CT molecular complexity index is 762. The number of allylic oxidation sites excluding steroid dienone is 1. The Kier molecular flexibility index (Phi) is 5.40. The van der Waals surface area contributed by atoms with Crippen LogP contribution in [0.4, 0.5) is 5.88 Å². The minimum Gasteiger partial charge on any atom is -0.401 e. The van der Waals surface area contributed by atoms with Crippen molar-refractivity contribution in [3.8, 4) is 0 Å². The predicted octanol–water partition coefficient (Wildman–Crippen LogP) is 3.18. The van der Waals surface area contributed by atoms with Crippen LogP contribution in [0, 0.1) is 10.1 Å². The Hall–Kier alpha value is -3.22. The minimum absolute atomic E-state index is 0.291. The number of nitro groups is 1. The van der Waals surface area contributed by atoms with Crippen molar-refractivity contribution in [3.63, 3.8) is 0 Å². The molecule has 0 saturated heterocycles. The lowest BCUT2D eigenvalue weighted by atomic mass is 10.1. The van der Waals surface area contributed by atoms with Crippen LogP contribution < -0.4 is 5.43 Å². The van der Waals surface area contributed by atoms with Gasteiger partial charge in [-0.2, -0.15) is 5.10 Å². The van der Waals surface area contributed by atoms with E-state index in [1.807, 2.05) is 19.1 Å². The molecule has 0 radical (unpaired) electrons. The minimum atomic E-state index is -0.614. The van der Waals surface area contributed by atoms with E-state index in [0.717, 1.165) is 12.0 Å². The fourth-order valence-electron chi connectivity index (χ4n) is 1.92. The number of carbonyl (C=O) groups excluding carboxylic acids is 1. The van der Waals surface area contributed by atoms with Crippen molar-refractivity contribution in [1.29, 1.82) is 0 Å². The monoisotopic (exact) mass is 313 g/mol. The highest BCUT2D eigenvalue weighted by molar-refractivity contribution is 5.96. The number of carbonyl (C=O) groups is 1. The molecule has 0 bridgehead atoms. The van der Waals surface area contributed by atoms with Gasteiger partial charge in [0.25, 0.3) is 5.91 Å². The van der Waals surface area contributed by atoms with Gasteiger partial charge in [-0.15, -0.1) is 0 Å². The van der Waals surface area contributed by atoms with Crippen molar-refractivity contribution in [2.75, 3.05) is 0 Å². The van der Waals surface area contributed by atoms with Gasteiger partial charge in [0, 0.05) is 11.8 Å². The molecule has 1 aromatic carbocycles. The molecule has 1 heterocycles. The molecule has 23 heavy (non-hydrogen) atoms. The number of hydrazone groups is 1. The van der Waals surface area contributed by atoms with E-state index >= 15 is 0 Å². The van der Waals surface area contributed by atoms with Gasteiger partial charge >= 0.3 is 5.88 Å². The highest BCUT2D eigenvalue weighted by Gasteiger charge is 2.09. The summed E-state index contributed by atoms with van der Waals surface area (Å²) in [6.45, 7) is 1.97. The summed E-state index contributed by atoms with van der Waals surface area (Å²) in [5, 5.41) is 14.3. The molecule has 1 aromatic heterocycles. The van der Waals surface area contributed by atoms with Gasteiger partial charge in [0.2, 0.25) is 0 Å². The second kappa shape index (κ2) is 7.69. The second-order valence-corrected chi connectivity index (χ2v) is 4.52. The summed E-state index contributed by atoms with van der Waals surface area (Å²) in [7, 11) is 0. The summed E-state index contributed by atoms with van der Waals surface area (Å²) >= 11 is 0. The van der Waals surface area contributed by atoms with Gasteiger partial charge < -0.3 is 4.42 Å². The summed E-state index contributed by atoms with van der Waals surface area (Å²) in [5.41, 5.74) is 3.95. The second-order valence-electron chi connectivity index (χ2n) is 4.52. The highest BCUT2D eigenvalue weighted by Crippen LogP contribution is 2.16. The maximum absolute atomic E-state index is 12.0. The van der Waals surface area contributed by atoms with Gasteiger partial charge in [-0.05, 0) is 36.3 Å². The molecule has 0 fully saturated rings. The molecule has 0 unspecified atom stereocenters. The number of hydrogen-bond acceptors (Lipinski definition) is 5. The molecule has 7 heteroatoms. The van der Waals surface area contributed by atoms with Crippen LogP contribution in [0.15, 0.2) is 52.0 Å². The van der Waals surface area contributed by atoms with Gasteiger partial charge in [-0.25, -0.2) is 5.43 Å². The molecule has 0 atom stereocenters. The number of aryl methyl sites for hydroxylation is 1. The van der Waals surface area contributed by atoms with E-state index in [1.54, 1.807) is 12.1 Å². The highest BCUT2D eigenvalue weighted by atomic mass is 16.6. The first-order valence-electron chi connectivity index (χ1n) is 6.94. The normalized spacial score (nSPS) is 11.2. The van der Waals surface area contributed by atoms with Crippen LogP contribution in [-0.2, 0) is 6.42 Å². The zero-order valence-corrected chi connectivity index (χ0v) is 12.4. The molecule has 1 amide bonds. The molecule has 2 aromatic rings. The fraction of sp³-hybridized carbons (Fsp3) is 0.125. The predicted molar refractivity (Wildman–Crippen MR) is 86.2 cm³/mol. The SMILES string of the molecule is CCc1ccccc1C(=O)N/N=C\C=C\c1ccc([N+](=O)[O-])o1. The summed E-state index contributed by atoms with van der Waals surface area (Å²) < 4.78 is 4.94. The lowest BCUT2D eigenvalue weighted by Gasteiger charge is -2.04. The molecule has 0 saturated carbocycles. The molecule has 2 rings (SSSR count). The smallest absolute Gasteiger partial charge is 0.401 e. The topological polar surface area (TPSA) is 97.7 Å². The van der Waals surface area contributed by atoms with E-state index < -0.39 is 4.92 Å². The van der Waals surface area contributed by atoms with E-state index in [1.165, 1.54) is 30.5 Å². The van der Waals surface area contributed by atoms with E-state index in [9.17, 15) is 14.9 Å². The Morgan fingerprint density at radius 3 is 2.83 bits per heavy atom. The molecule has 118 valence electrons. The third-order valence-electron chi connectivity index (χ3n) is 3.02. The molecular formula is C16H15N3O4. The molecule has 1 N–H and O–H groups in total. The van der Waals surface area contributed by atoms with E-state index in [2.05, 4.69) is 10.5 Å². The Balaban J connectivity index is 1.92. The van der Waals surface area contributed by atoms with Crippen LogP contribution >= 0.6 is 0 Å². The van der Waals surface area contributed by atoms with Crippen molar-refractivity contribution in [2.24, 2.45) is 5.10 Å². The average molecular weight is 313 g/mol. The first kappa shape index (κ1) is 16.2. The van der Waals surface area contributed by atoms with Crippen LogP contribution in [0.25, 0.3) is 6.08 Å². The Morgan fingerprint density at radius 2 is 2.13 bits per heavy atom. The number of furan rings is 1. The van der Waals surface area contributed by atoms with E-state index in [-0.39, 0.29) is 11.8 Å². The zero-order valence-electron chi connectivity index (χ0n) is 12.4. The lowest BCUT2D eigenvalue weighted by Crippen LogP contribution is -2.18. The van der Waals surface area contributed by atoms with Gasteiger partial charge in [0.05, 0.1) is 6.07 Å². The quantitative estimate of drug-likeness (QED) is 0.503. The summed E-state index contributed by atoms with van der Waals surface area (Å²) in [5.74, 6) is -0.294. The molecule has 0 aliphatic rings. The summed E-state index contributed by atoms with van der Waals surface area (Å²) in [4.78, 5) is 21.8. The first-order chi connectivity index (χ1) is 11.1. The zero-order chi connectivity index (χ0) is 16.7. The van der Waals surface area contributed by atoms with E-state index in [0.29, 0.717) is 11.3 Å². The lowest BCUT2D eigenvalue weighted by molar-refractivity contribution is -0.402. The fourth-order valence-corrected chi connectivity index (χ4v) is 1.92. The van der Waals surface area contributed by atoms with Crippen molar-refractivity contribution in [3.05, 3.63) is 69.5 Å². The largest absolute Gasteiger partial charge is 0.433 e. The third kappa shape index (κ3) is 4.37. The maximum atomic E-state index is 12.0. The number of rotatable bonds is 6. The van der Waals surface area contributed by atoms with Crippen molar-refractivity contribution < 1.29 is 14.1 Å². The molecule has 0 aliphatic heterocycles. The number of nitrogens with one attached hydrogen (secondary N) is 1. The molecule has 0 spiro atoms. The number of benzene rings is 1. The van der Waals surface area contributed by atoms with E-state index in [4.69, 9.17) is 4.42 Å². The number of amides is 1. The average Bonchev–Trinajstić information content (AvgIpc) is 3.03. The van der Waals surface area contributed by atoms with Crippen LogP contribution in [0.3, 0.4) is 0 Å².